The van der Waals surface area contributed by atoms with Gasteiger partial charge < -0.3 is 20.1 Å². The van der Waals surface area contributed by atoms with Crippen LogP contribution < -0.4 is 5.32 Å². The van der Waals surface area contributed by atoms with E-state index in [1.807, 2.05) is 0 Å². The number of ether oxygens (including phenoxy) is 1. The molecule has 1 aliphatic rings. The topological polar surface area (TPSA) is 61.8 Å². The maximum Gasteiger partial charge on any atom is 0.317 e. The fraction of sp³-hybridized carbons (Fsp3) is 0.900. The van der Waals surface area contributed by atoms with Gasteiger partial charge in [-0.25, -0.2) is 4.79 Å². The highest BCUT2D eigenvalue weighted by molar-refractivity contribution is 5.74. The van der Waals surface area contributed by atoms with Gasteiger partial charge in [0, 0.05) is 13.7 Å². The summed E-state index contributed by atoms with van der Waals surface area (Å²) in [5.74, 6) is 0. The molecular weight excluding hydrogens is 196 g/mol. The van der Waals surface area contributed by atoms with E-state index in [-0.39, 0.29) is 12.1 Å². The van der Waals surface area contributed by atoms with Gasteiger partial charge >= 0.3 is 6.03 Å². The van der Waals surface area contributed by atoms with Crippen molar-refractivity contribution in [3.63, 3.8) is 0 Å². The first-order valence-corrected chi connectivity index (χ1v) is 5.20. The van der Waals surface area contributed by atoms with Crippen LogP contribution in [0.15, 0.2) is 0 Å². The number of nitrogens with zero attached hydrogens (tertiary/aromatic N) is 1. The van der Waals surface area contributed by atoms with Crippen molar-refractivity contribution >= 4 is 6.03 Å². The Morgan fingerprint density at radius 2 is 2.33 bits per heavy atom. The second-order valence-electron chi connectivity index (χ2n) is 4.68. The molecule has 0 radical (unpaired) electrons. The van der Waals surface area contributed by atoms with E-state index >= 15 is 0 Å². The summed E-state index contributed by atoms with van der Waals surface area (Å²) < 4.78 is 5.16. The molecule has 1 atom stereocenters. The molecule has 1 heterocycles. The molecule has 5 heteroatoms. The number of hydrogen-bond donors (Lipinski definition) is 2. The lowest BCUT2D eigenvalue weighted by atomic mass is 10.1. The van der Waals surface area contributed by atoms with Gasteiger partial charge in [0.2, 0.25) is 0 Å². The maximum absolute atomic E-state index is 11.6. The normalized spacial score (nSPS) is 21.5. The minimum absolute atomic E-state index is 0.113. The Labute approximate surface area is 90.4 Å². The molecule has 0 aromatic rings. The monoisotopic (exact) mass is 216 g/mol. The number of carbonyl (C=O) groups excluding carboxylic acids is 1. The standard InChI is InChI=1S/C10H20N2O3/c1-10(2,14)7-12(3)9(13)11-8-4-5-15-6-8/h8,14H,4-7H2,1-3H3,(H,11,13). The molecule has 0 bridgehead atoms. The Kier molecular flexibility index (Phi) is 3.93. The Hall–Kier alpha value is -0.810. The third-order valence-corrected chi connectivity index (χ3v) is 2.23. The van der Waals surface area contributed by atoms with Crippen molar-refractivity contribution in [3.05, 3.63) is 0 Å². The highest BCUT2D eigenvalue weighted by Crippen LogP contribution is 2.06. The summed E-state index contributed by atoms with van der Waals surface area (Å²) in [6.45, 7) is 4.96. The molecule has 1 unspecified atom stereocenters. The predicted octanol–water partition coefficient (Wildman–Crippen LogP) is 0.188. The molecule has 5 nitrogen and oxygen atoms in total. The number of hydrogen-bond acceptors (Lipinski definition) is 3. The summed E-state index contributed by atoms with van der Waals surface area (Å²) in [5, 5.41) is 12.4. The van der Waals surface area contributed by atoms with Crippen molar-refractivity contribution in [2.75, 3.05) is 26.8 Å². The molecule has 0 aromatic carbocycles. The maximum atomic E-state index is 11.6. The number of amides is 2. The summed E-state index contributed by atoms with van der Waals surface area (Å²) in [4.78, 5) is 13.1. The molecule has 1 fully saturated rings. The molecule has 1 saturated heterocycles. The zero-order valence-electron chi connectivity index (χ0n) is 9.62. The minimum atomic E-state index is -0.863. The first kappa shape index (κ1) is 12.3. The van der Waals surface area contributed by atoms with Crippen molar-refractivity contribution in [2.24, 2.45) is 0 Å². The van der Waals surface area contributed by atoms with E-state index in [1.54, 1.807) is 20.9 Å². The molecule has 0 spiro atoms. The molecule has 0 saturated carbocycles. The molecule has 0 aromatic heterocycles. The summed E-state index contributed by atoms with van der Waals surface area (Å²) in [6.07, 6.45) is 0.863. The van der Waals surface area contributed by atoms with Crippen LogP contribution in [-0.4, -0.2) is 54.5 Å². The highest BCUT2D eigenvalue weighted by atomic mass is 16.5. The molecule has 1 rings (SSSR count). The molecule has 0 aliphatic carbocycles. The van der Waals surface area contributed by atoms with Crippen molar-refractivity contribution in [3.8, 4) is 0 Å². The van der Waals surface area contributed by atoms with E-state index in [4.69, 9.17) is 4.74 Å². The van der Waals surface area contributed by atoms with Crippen LogP contribution in [0.2, 0.25) is 0 Å². The van der Waals surface area contributed by atoms with Crippen LogP contribution in [0.5, 0.6) is 0 Å². The van der Waals surface area contributed by atoms with Gasteiger partial charge in [-0.1, -0.05) is 0 Å². The highest BCUT2D eigenvalue weighted by Gasteiger charge is 2.23. The van der Waals surface area contributed by atoms with Gasteiger partial charge in [-0.2, -0.15) is 0 Å². The van der Waals surface area contributed by atoms with E-state index < -0.39 is 5.60 Å². The number of rotatable bonds is 3. The van der Waals surface area contributed by atoms with E-state index in [1.165, 1.54) is 4.90 Å². The Balaban J connectivity index is 2.32. The van der Waals surface area contributed by atoms with Crippen LogP contribution in [0.3, 0.4) is 0 Å². The van der Waals surface area contributed by atoms with E-state index in [0.29, 0.717) is 19.8 Å². The number of aliphatic hydroxyl groups is 1. The van der Waals surface area contributed by atoms with Crippen molar-refractivity contribution in [1.29, 1.82) is 0 Å². The van der Waals surface area contributed by atoms with Crippen LogP contribution in [0, 0.1) is 0 Å². The van der Waals surface area contributed by atoms with E-state index in [9.17, 15) is 9.90 Å². The summed E-state index contributed by atoms with van der Waals surface area (Å²) in [5.41, 5.74) is -0.863. The van der Waals surface area contributed by atoms with Gasteiger partial charge in [0.1, 0.15) is 0 Å². The average Bonchev–Trinajstić information content (AvgIpc) is 2.53. The van der Waals surface area contributed by atoms with Gasteiger partial charge in [0.25, 0.3) is 0 Å². The zero-order chi connectivity index (χ0) is 11.5. The smallest absolute Gasteiger partial charge is 0.317 e. The first-order chi connectivity index (χ1) is 6.88. The fourth-order valence-electron chi connectivity index (χ4n) is 1.59. The van der Waals surface area contributed by atoms with Gasteiger partial charge in [-0.3, -0.25) is 0 Å². The third kappa shape index (κ3) is 4.48. The van der Waals surface area contributed by atoms with Crippen LogP contribution >= 0.6 is 0 Å². The predicted molar refractivity (Wildman–Crippen MR) is 56.7 cm³/mol. The quantitative estimate of drug-likeness (QED) is 0.708. The summed E-state index contributed by atoms with van der Waals surface area (Å²) >= 11 is 0. The van der Waals surface area contributed by atoms with Gasteiger partial charge in [0.15, 0.2) is 0 Å². The summed E-state index contributed by atoms with van der Waals surface area (Å²) in [6, 6.07) is -0.0469. The second kappa shape index (κ2) is 4.81. The SMILES string of the molecule is CN(CC(C)(C)O)C(=O)NC1CCOC1. The number of carbonyl (C=O) groups is 1. The number of likely N-dealkylation sites (N-methyl/N-ethyl adjacent to an activating group) is 1. The lowest BCUT2D eigenvalue weighted by molar-refractivity contribution is 0.0527. The van der Waals surface area contributed by atoms with Gasteiger partial charge in [-0.15, -0.1) is 0 Å². The first-order valence-electron chi connectivity index (χ1n) is 5.20. The van der Waals surface area contributed by atoms with Crippen LogP contribution in [0.1, 0.15) is 20.3 Å². The van der Waals surface area contributed by atoms with Gasteiger partial charge in [-0.05, 0) is 20.3 Å². The Bertz CT molecular complexity index is 219. The van der Waals surface area contributed by atoms with E-state index in [2.05, 4.69) is 5.32 Å². The Morgan fingerprint density at radius 1 is 1.67 bits per heavy atom. The third-order valence-electron chi connectivity index (χ3n) is 2.23. The molecule has 15 heavy (non-hydrogen) atoms. The number of urea groups is 1. The zero-order valence-corrected chi connectivity index (χ0v) is 9.62. The average molecular weight is 216 g/mol. The molecular formula is C10H20N2O3. The molecule has 2 amide bonds. The van der Waals surface area contributed by atoms with Gasteiger partial charge in [0.05, 0.1) is 24.8 Å². The molecule has 2 N–H and O–H groups in total. The molecule has 88 valence electrons. The lowest BCUT2D eigenvalue weighted by Gasteiger charge is -2.26. The Morgan fingerprint density at radius 3 is 2.80 bits per heavy atom. The minimum Gasteiger partial charge on any atom is -0.389 e. The summed E-state index contributed by atoms with van der Waals surface area (Å²) in [7, 11) is 1.67. The van der Waals surface area contributed by atoms with E-state index in [0.717, 1.165) is 6.42 Å². The van der Waals surface area contributed by atoms with Crippen LogP contribution in [0.25, 0.3) is 0 Å². The second-order valence-corrected chi connectivity index (χ2v) is 4.68. The molecule has 1 aliphatic heterocycles. The van der Waals surface area contributed by atoms with Crippen LogP contribution in [0.4, 0.5) is 4.79 Å². The number of nitrogens with one attached hydrogen (secondary N) is 1. The lowest BCUT2D eigenvalue weighted by Crippen LogP contribution is -2.47. The largest absolute Gasteiger partial charge is 0.389 e. The fourth-order valence-corrected chi connectivity index (χ4v) is 1.59. The van der Waals surface area contributed by atoms with Crippen molar-refractivity contribution in [1.82, 2.24) is 10.2 Å². The van der Waals surface area contributed by atoms with Crippen molar-refractivity contribution < 1.29 is 14.6 Å². The van der Waals surface area contributed by atoms with Crippen molar-refractivity contribution in [2.45, 2.75) is 31.9 Å². The van der Waals surface area contributed by atoms with Crippen LogP contribution in [-0.2, 0) is 4.74 Å².